The SMILES string of the molecule is CCCCCCCOc1ccc(-c2cnc(-c3ccc(CC(NC(=O)c4ccc(C(C)(C)C)s4)C(=O)NCCNC)cc3)nc2)cc1. The summed E-state index contributed by atoms with van der Waals surface area (Å²) in [6.07, 6.45) is 10.1. The lowest BCUT2D eigenvalue weighted by atomic mass is 9.95. The summed E-state index contributed by atoms with van der Waals surface area (Å²) in [5.74, 6) is 1.03. The van der Waals surface area contributed by atoms with E-state index in [2.05, 4.69) is 53.6 Å². The fourth-order valence-corrected chi connectivity index (χ4v) is 5.99. The Morgan fingerprint density at radius 2 is 1.51 bits per heavy atom. The molecule has 2 heterocycles. The Morgan fingerprint density at radius 3 is 2.15 bits per heavy atom. The van der Waals surface area contributed by atoms with Crippen molar-refractivity contribution < 1.29 is 14.3 Å². The predicted octanol–water partition coefficient (Wildman–Crippen LogP) is 7.20. The van der Waals surface area contributed by atoms with Gasteiger partial charge in [-0.1, -0.05) is 89.8 Å². The van der Waals surface area contributed by atoms with Gasteiger partial charge in [-0.15, -0.1) is 11.3 Å². The van der Waals surface area contributed by atoms with Crippen LogP contribution in [0.25, 0.3) is 22.5 Å². The summed E-state index contributed by atoms with van der Waals surface area (Å²) >= 11 is 1.46. The number of hydrogen-bond acceptors (Lipinski definition) is 7. The number of thiophene rings is 1. The molecule has 1 unspecified atom stereocenters. The second-order valence-corrected chi connectivity index (χ2v) is 13.9. The van der Waals surface area contributed by atoms with Crippen LogP contribution in [-0.4, -0.2) is 54.6 Å². The summed E-state index contributed by atoms with van der Waals surface area (Å²) < 4.78 is 5.90. The van der Waals surface area contributed by atoms with Crippen molar-refractivity contribution in [3.8, 4) is 28.3 Å². The van der Waals surface area contributed by atoms with Crippen molar-refractivity contribution in [2.24, 2.45) is 0 Å². The van der Waals surface area contributed by atoms with Gasteiger partial charge in [0.25, 0.3) is 5.91 Å². The maximum atomic E-state index is 13.2. The summed E-state index contributed by atoms with van der Waals surface area (Å²) in [4.78, 5) is 37.2. The van der Waals surface area contributed by atoms with Gasteiger partial charge in [-0.3, -0.25) is 9.59 Å². The van der Waals surface area contributed by atoms with Gasteiger partial charge in [0, 0.05) is 47.9 Å². The van der Waals surface area contributed by atoms with Gasteiger partial charge in [-0.2, -0.15) is 0 Å². The zero-order chi connectivity index (χ0) is 33.6. The van der Waals surface area contributed by atoms with E-state index in [0.717, 1.165) is 45.9 Å². The molecule has 3 N–H and O–H groups in total. The maximum absolute atomic E-state index is 13.2. The summed E-state index contributed by atoms with van der Waals surface area (Å²) in [7, 11) is 1.83. The highest BCUT2D eigenvalue weighted by Crippen LogP contribution is 2.29. The lowest BCUT2D eigenvalue weighted by Gasteiger charge is -2.19. The predicted molar refractivity (Wildman–Crippen MR) is 192 cm³/mol. The first kappa shape index (κ1) is 35.8. The number of unbranched alkanes of at least 4 members (excludes halogenated alkanes) is 4. The Balaban J connectivity index is 1.37. The van der Waals surface area contributed by atoms with Crippen LogP contribution in [0, 0.1) is 0 Å². The lowest BCUT2D eigenvalue weighted by molar-refractivity contribution is -0.122. The highest BCUT2D eigenvalue weighted by atomic mass is 32.1. The molecule has 0 aliphatic carbocycles. The van der Waals surface area contributed by atoms with Gasteiger partial charge in [-0.25, -0.2) is 9.97 Å². The minimum Gasteiger partial charge on any atom is -0.494 e. The Kier molecular flexibility index (Phi) is 13.5. The van der Waals surface area contributed by atoms with Gasteiger partial charge >= 0.3 is 0 Å². The number of carbonyl (C=O) groups is 2. The number of hydrogen-bond donors (Lipinski definition) is 3. The van der Waals surface area contributed by atoms with Crippen molar-refractivity contribution in [2.45, 2.75) is 77.7 Å². The minimum absolute atomic E-state index is 0.0490. The van der Waals surface area contributed by atoms with Crippen LogP contribution in [0.15, 0.2) is 73.1 Å². The first-order chi connectivity index (χ1) is 22.7. The number of amides is 2. The van der Waals surface area contributed by atoms with Gasteiger partial charge < -0.3 is 20.7 Å². The van der Waals surface area contributed by atoms with Gasteiger partial charge in [0.05, 0.1) is 11.5 Å². The van der Waals surface area contributed by atoms with Crippen LogP contribution in [0.1, 0.15) is 79.9 Å². The lowest BCUT2D eigenvalue weighted by Crippen LogP contribution is -2.49. The molecular weight excluding hydrogens is 607 g/mol. The zero-order valence-corrected chi connectivity index (χ0v) is 29.2. The van der Waals surface area contributed by atoms with Crippen LogP contribution in [-0.2, 0) is 16.6 Å². The topological polar surface area (TPSA) is 105 Å². The molecule has 2 amide bonds. The molecule has 9 heteroatoms. The van der Waals surface area contributed by atoms with E-state index >= 15 is 0 Å². The fourth-order valence-electron chi connectivity index (χ4n) is 5.03. The molecule has 4 aromatic rings. The van der Waals surface area contributed by atoms with E-state index in [1.54, 1.807) is 0 Å². The molecule has 250 valence electrons. The van der Waals surface area contributed by atoms with Crippen LogP contribution in [0.5, 0.6) is 5.75 Å². The van der Waals surface area contributed by atoms with Crippen molar-refractivity contribution in [1.82, 2.24) is 25.9 Å². The van der Waals surface area contributed by atoms with Gasteiger partial charge in [0.1, 0.15) is 11.8 Å². The summed E-state index contributed by atoms with van der Waals surface area (Å²) in [5.41, 5.74) is 3.70. The van der Waals surface area contributed by atoms with Crippen LogP contribution in [0.4, 0.5) is 0 Å². The van der Waals surface area contributed by atoms with Crippen molar-refractivity contribution in [1.29, 1.82) is 0 Å². The molecule has 4 rings (SSSR count). The van der Waals surface area contributed by atoms with Gasteiger partial charge in [0.2, 0.25) is 5.91 Å². The van der Waals surface area contributed by atoms with E-state index in [1.165, 1.54) is 37.0 Å². The van der Waals surface area contributed by atoms with E-state index in [9.17, 15) is 9.59 Å². The Labute approximate surface area is 283 Å². The average molecular weight is 656 g/mol. The number of benzene rings is 2. The molecule has 8 nitrogen and oxygen atoms in total. The van der Waals surface area contributed by atoms with E-state index in [1.807, 2.05) is 80.1 Å². The normalized spacial score (nSPS) is 12.0. The van der Waals surface area contributed by atoms with Gasteiger partial charge in [0.15, 0.2) is 5.82 Å². The monoisotopic (exact) mass is 655 g/mol. The summed E-state index contributed by atoms with van der Waals surface area (Å²) in [6.45, 7) is 10.4. The average Bonchev–Trinajstić information content (AvgIpc) is 3.59. The minimum atomic E-state index is -0.719. The van der Waals surface area contributed by atoms with Crippen LogP contribution < -0.4 is 20.7 Å². The highest BCUT2D eigenvalue weighted by molar-refractivity contribution is 7.14. The number of ether oxygens (including phenoxy) is 1. The molecule has 47 heavy (non-hydrogen) atoms. The molecule has 2 aromatic heterocycles. The molecule has 0 aliphatic rings. The maximum Gasteiger partial charge on any atom is 0.262 e. The molecule has 0 aliphatic heterocycles. The molecule has 0 saturated heterocycles. The molecule has 2 aromatic carbocycles. The third-order valence-corrected chi connectivity index (χ3v) is 9.38. The van der Waals surface area contributed by atoms with Crippen molar-refractivity contribution in [3.63, 3.8) is 0 Å². The third-order valence-electron chi connectivity index (χ3n) is 7.87. The van der Waals surface area contributed by atoms with Crippen molar-refractivity contribution in [2.75, 3.05) is 26.7 Å². The smallest absolute Gasteiger partial charge is 0.262 e. The number of aromatic nitrogens is 2. The molecule has 0 radical (unpaired) electrons. The second kappa shape index (κ2) is 17.7. The largest absolute Gasteiger partial charge is 0.494 e. The number of nitrogens with one attached hydrogen (secondary N) is 3. The molecule has 0 saturated carbocycles. The number of likely N-dealkylation sites (N-methyl/N-ethyl adjacent to an activating group) is 1. The first-order valence-electron chi connectivity index (χ1n) is 16.7. The van der Waals surface area contributed by atoms with Gasteiger partial charge in [-0.05, 0) is 54.3 Å². The summed E-state index contributed by atoms with van der Waals surface area (Å²) in [5, 5.41) is 8.92. The Bertz CT molecular complexity index is 1540. The van der Waals surface area contributed by atoms with Crippen molar-refractivity contribution in [3.05, 3.63) is 88.4 Å². The molecular formula is C38H49N5O3S. The number of nitrogens with zero attached hydrogens (tertiary/aromatic N) is 2. The molecule has 0 spiro atoms. The quantitative estimate of drug-likeness (QED) is 0.104. The standard InChI is InChI=1S/C38H49N5O3S/c1-6-7-8-9-10-23-46-31-17-15-28(16-18-31)30-25-41-35(42-26-30)29-13-11-27(12-14-29)24-32(36(44)40-22-21-39-5)43-37(45)33-19-20-34(47-33)38(2,3)4/h11-20,25-26,32,39H,6-10,21-24H2,1-5H3,(H,40,44)(H,43,45). The molecule has 0 fully saturated rings. The second-order valence-electron chi connectivity index (χ2n) is 12.8. The number of rotatable bonds is 17. The Morgan fingerprint density at radius 1 is 0.830 bits per heavy atom. The van der Waals surface area contributed by atoms with E-state index in [4.69, 9.17) is 4.74 Å². The van der Waals surface area contributed by atoms with Crippen LogP contribution >= 0.6 is 11.3 Å². The highest BCUT2D eigenvalue weighted by Gasteiger charge is 2.24. The summed E-state index contributed by atoms with van der Waals surface area (Å²) in [6, 6.07) is 19.0. The fraction of sp³-hybridized carbons (Fsp3) is 0.421. The van der Waals surface area contributed by atoms with E-state index in [0.29, 0.717) is 30.2 Å². The van der Waals surface area contributed by atoms with E-state index < -0.39 is 6.04 Å². The van der Waals surface area contributed by atoms with Crippen molar-refractivity contribution >= 4 is 23.2 Å². The van der Waals surface area contributed by atoms with Crippen LogP contribution in [0.3, 0.4) is 0 Å². The number of carbonyl (C=O) groups excluding carboxylic acids is 2. The van der Waals surface area contributed by atoms with E-state index in [-0.39, 0.29) is 17.2 Å². The van der Waals surface area contributed by atoms with Crippen LogP contribution in [0.2, 0.25) is 0 Å². The zero-order valence-electron chi connectivity index (χ0n) is 28.4. The Hall–Kier alpha value is -4.08. The third kappa shape index (κ3) is 11.0. The molecule has 1 atom stereocenters. The molecule has 0 bridgehead atoms. The first-order valence-corrected chi connectivity index (χ1v) is 17.5.